The second-order valence-corrected chi connectivity index (χ2v) is 23.4. The van der Waals surface area contributed by atoms with E-state index in [9.17, 15) is 28.0 Å². The molecule has 0 bridgehead atoms. The number of alkyl halides is 2. The third-order valence-corrected chi connectivity index (χ3v) is 15.9. The number of anilines is 3. The quantitative estimate of drug-likeness (QED) is 0.0806. The summed E-state index contributed by atoms with van der Waals surface area (Å²) < 4.78 is 38.7. The van der Waals surface area contributed by atoms with Crippen LogP contribution in [0.25, 0.3) is 34.2 Å². The number of carbonyl (C=O) groups excluding carboxylic acids is 4. The van der Waals surface area contributed by atoms with Crippen LogP contribution in [0.4, 0.5) is 30.6 Å². The number of thioether (sulfide) groups is 3. The fraction of sp³-hybridized carbons (Fsp3) is 0.246. The summed E-state index contributed by atoms with van der Waals surface area (Å²) in [6.45, 7) is 14.0. The number of ether oxygens (including phenoxy) is 1. The number of para-hydroxylation sites is 3. The third kappa shape index (κ3) is 18.8. The summed E-state index contributed by atoms with van der Waals surface area (Å²) in [6, 6.07) is 47.8. The van der Waals surface area contributed by atoms with E-state index in [1.54, 1.807) is 120 Å². The van der Waals surface area contributed by atoms with Crippen LogP contribution in [0.5, 0.6) is 0 Å². The predicted octanol–water partition coefficient (Wildman–Crippen LogP) is 14.3. The van der Waals surface area contributed by atoms with E-state index >= 15 is 0 Å². The molecule has 4 aromatic carbocycles. The van der Waals surface area contributed by atoms with Gasteiger partial charge in [0, 0.05) is 87.9 Å². The maximum absolute atomic E-state index is 14.5. The summed E-state index contributed by atoms with van der Waals surface area (Å²) in [4.78, 5) is 63.5. The number of halogens is 2. The zero-order chi connectivity index (χ0) is 64.7. The van der Waals surface area contributed by atoms with E-state index in [0.717, 1.165) is 33.2 Å². The Balaban J connectivity index is 0.000000242. The van der Waals surface area contributed by atoms with Crippen LogP contribution in [0.1, 0.15) is 69.7 Å². The minimum absolute atomic E-state index is 0. The van der Waals surface area contributed by atoms with Crippen LogP contribution in [0.15, 0.2) is 210 Å². The lowest BCUT2D eigenvalue weighted by molar-refractivity contribution is -0.131. The van der Waals surface area contributed by atoms with Gasteiger partial charge in [0.25, 0.3) is 0 Å². The van der Waals surface area contributed by atoms with Gasteiger partial charge in [0.05, 0.1) is 12.3 Å². The standard InChI is InChI=1S/C22H23N5O3S.C22H19N5OS.C17H15F2N5OS.2C2H6.2H2/c1-21(2,3)30-20(29)27-17(15-9-13-23-14-10-15)25-26-19(27)31-22(11-12-22)18(28)24-16-7-5-4-6-8-16;28-20(24-19-9-5-2-6-10-19)16-29-22-26-25-21(18-11-13-23-14-12-18)27(22)15-17-7-3-1-4-8-17;1-23(13-6-4-3-5-7-13)15(25)17(18,19)26-16-22-21-14(24(16)2)12-8-10-20-11-9-12;2*1-2;;/h4-10,13-14H,11-12H2,1-3H3,(H,24,28);1-14H,15-16H2,(H,24,28);3-11H,1-2H3;2*1-2H3;2*1H. The Labute approximate surface area is 537 Å². The van der Waals surface area contributed by atoms with Crippen LogP contribution in [-0.2, 0) is 32.7 Å². The molecule has 6 heterocycles. The number of pyridine rings is 3. The third-order valence-electron chi connectivity index (χ3n) is 12.5. The Kier molecular flexibility index (Phi) is 24.7. The number of amides is 3. The molecule has 20 nitrogen and oxygen atoms in total. The normalized spacial score (nSPS) is 11.9. The summed E-state index contributed by atoms with van der Waals surface area (Å²) in [7, 11) is 2.88. The zero-order valence-electron chi connectivity index (χ0n) is 51.1. The van der Waals surface area contributed by atoms with Gasteiger partial charge in [-0.3, -0.25) is 33.9 Å². The van der Waals surface area contributed by atoms with Gasteiger partial charge in [-0.25, -0.2) is 9.36 Å². The van der Waals surface area contributed by atoms with Crippen molar-refractivity contribution in [2.45, 2.75) is 98.9 Å². The summed E-state index contributed by atoms with van der Waals surface area (Å²) in [5, 5.41) is 28.0. The van der Waals surface area contributed by atoms with Gasteiger partial charge in [0.2, 0.25) is 17.0 Å². The number of rotatable bonds is 17. The Hall–Kier alpha value is -9.46. The average molecular weight is 1280 g/mol. The molecule has 90 heavy (non-hydrogen) atoms. The molecule has 10 aromatic rings. The van der Waals surface area contributed by atoms with Crippen molar-refractivity contribution in [3.05, 3.63) is 200 Å². The lowest BCUT2D eigenvalue weighted by Gasteiger charge is -2.22. The fourth-order valence-corrected chi connectivity index (χ4v) is 10.7. The van der Waals surface area contributed by atoms with Crippen molar-refractivity contribution in [3.8, 4) is 34.2 Å². The van der Waals surface area contributed by atoms with Gasteiger partial charge < -0.3 is 24.8 Å². The number of hydrogen-bond acceptors (Lipinski definition) is 17. The highest BCUT2D eigenvalue weighted by atomic mass is 32.2. The number of benzene rings is 4. The minimum atomic E-state index is -3.69. The van der Waals surface area contributed by atoms with Gasteiger partial charge in [-0.05, 0) is 124 Å². The lowest BCUT2D eigenvalue weighted by Crippen LogP contribution is -2.39. The van der Waals surface area contributed by atoms with E-state index in [-0.39, 0.29) is 37.3 Å². The van der Waals surface area contributed by atoms with Crippen molar-refractivity contribution in [1.82, 2.24) is 59.2 Å². The van der Waals surface area contributed by atoms with Crippen LogP contribution in [0.3, 0.4) is 0 Å². The van der Waals surface area contributed by atoms with Gasteiger partial charge in [-0.1, -0.05) is 136 Å². The van der Waals surface area contributed by atoms with E-state index < -0.39 is 27.6 Å². The summed E-state index contributed by atoms with van der Waals surface area (Å²) in [5.41, 5.74) is 4.64. The first-order valence-corrected chi connectivity index (χ1v) is 31.3. The van der Waals surface area contributed by atoms with Gasteiger partial charge in [0.15, 0.2) is 27.8 Å². The molecule has 1 aliphatic rings. The largest absolute Gasteiger partial charge is 0.443 e. The Morgan fingerprint density at radius 1 is 0.589 bits per heavy atom. The fourth-order valence-electron chi connectivity index (χ4n) is 8.07. The van der Waals surface area contributed by atoms with E-state index in [1.165, 1.54) is 39.7 Å². The van der Waals surface area contributed by atoms with Gasteiger partial charge >= 0.3 is 17.3 Å². The molecule has 0 atom stereocenters. The smallest absolute Gasteiger partial charge is 0.422 e. The number of hydrogen-bond donors (Lipinski definition) is 2. The second kappa shape index (κ2) is 32.7. The first-order valence-electron chi connectivity index (χ1n) is 28.7. The van der Waals surface area contributed by atoms with Crippen molar-refractivity contribution >= 4 is 76.2 Å². The Morgan fingerprint density at radius 2 is 1.03 bits per heavy atom. The topological polar surface area (TPSA) is 236 Å². The number of nitrogens with zero attached hydrogens (tertiary/aromatic N) is 13. The highest BCUT2D eigenvalue weighted by molar-refractivity contribution is 8.01. The zero-order valence-corrected chi connectivity index (χ0v) is 53.6. The number of nitrogens with one attached hydrogen (secondary N) is 2. The first kappa shape index (κ1) is 68.0. The highest BCUT2D eigenvalue weighted by Gasteiger charge is 2.53. The molecule has 1 fully saturated rings. The van der Waals surface area contributed by atoms with Crippen LogP contribution >= 0.6 is 35.3 Å². The summed E-state index contributed by atoms with van der Waals surface area (Å²) in [6.07, 6.45) is 10.6. The van der Waals surface area contributed by atoms with Crippen molar-refractivity contribution in [3.63, 3.8) is 0 Å². The molecular formula is C65H73F2N15O5S3. The van der Waals surface area contributed by atoms with E-state index in [1.807, 2.05) is 123 Å². The predicted molar refractivity (Wildman–Crippen MR) is 354 cm³/mol. The molecule has 0 unspecified atom stereocenters. The number of carbonyl (C=O) groups is 4. The first-order chi connectivity index (χ1) is 43.5. The summed E-state index contributed by atoms with van der Waals surface area (Å²) in [5.74, 6) is 0.226. The maximum Gasteiger partial charge on any atom is 0.422 e. The summed E-state index contributed by atoms with van der Waals surface area (Å²) >= 11 is 2.68. The molecule has 1 saturated carbocycles. The molecule has 0 saturated heterocycles. The van der Waals surface area contributed by atoms with Crippen molar-refractivity contribution in [2.75, 3.05) is 28.3 Å². The van der Waals surface area contributed by atoms with E-state index in [0.29, 0.717) is 58.2 Å². The van der Waals surface area contributed by atoms with Gasteiger partial charge in [-0.2, -0.15) is 8.78 Å². The van der Waals surface area contributed by atoms with Crippen molar-refractivity contribution in [2.24, 2.45) is 7.05 Å². The molecule has 0 spiro atoms. The SMILES string of the molecule is CC.CC.CC(C)(C)OC(=O)n1c(SC2(C(=O)Nc3ccccc3)CC2)nnc1-c1ccncc1.CN(C(=O)C(F)(F)Sc1nnc(-c2ccncc2)n1C)c1ccccc1.O=C(CSc1nnc(-c2ccncc2)n1Cc1ccccc1)Nc1ccccc1.[HH].[HH]. The molecule has 3 amide bonds. The van der Waals surface area contributed by atoms with Crippen LogP contribution in [0.2, 0.25) is 0 Å². The molecule has 25 heteroatoms. The van der Waals surface area contributed by atoms with E-state index in [2.05, 4.69) is 68.3 Å². The minimum Gasteiger partial charge on any atom is -0.443 e. The molecule has 11 rings (SSSR count). The molecule has 6 aromatic heterocycles. The van der Waals surface area contributed by atoms with Crippen LogP contribution < -0.4 is 15.5 Å². The highest BCUT2D eigenvalue weighted by Crippen LogP contribution is 2.52. The molecule has 0 radical (unpaired) electrons. The van der Waals surface area contributed by atoms with E-state index in [4.69, 9.17) is 4.74 Å². The Morgan fingerprint density at radius 3 is 1.56 bits per heavy atom. The average Bonchev–Trinajstić information content (AvgIpc) is 1.61. The van der Waals surface area contributed by atoms with Gasteiger partial charge in [-0.15, -0.1) is 30.6 Å². The van der Waals surface area contributed by atoms with Crippen LogP contribution in [0, 0.1) is 0 Å². The maximum atomic E-state index is 14.5. The monoisotopic (exact) mass is 1280 g/mol. The lowest BCUT2D eigenvalue weighted by atomic mass is 10.2. The second-order valence-electron chi connectivity index (χ2n) is 20.0. The Bertz CT molecular complexity index is 3880. The molecule has 0 aliphatic heterocycles. The molecular weight excluding hydrogens is 1210 g/mol. The molecule has 1 aliphatic carbocycles. The molecule has 2 N–H and O–H groups in total. The van der Waals surface area contributed by atoms with Gasteiger partial charge in [0.1, 0.15) is 10.3 Å². The van der Waals surface area contributed by atoms with Crippen LogP contribution in [-0.4, -0.2) is 111 Å². The van der Waals surface area contributed by atoms with Crippen molar-refractivity contribution < 1.29 is 35.5 Å². The number of aromatic nitrogens is 12. The molecule has 470 valence electrons. The van der Waals surface area contributed by atoms with Crippen molar-refractivity contribution in [1.29, 1.82) is 0 Å².